The summed E-state index contributed by atoms with van der Waals surface area (Å²) in [6.45, 7) is 11.6. The van der Waals surface area contributed by atoms with Crippen molar-refractivity contribution in [1.82, 2.24) is 10.2 Å². The van der Waals surface area contributed by atoms with Crippen LogP contribution in [0.4, 0.5) is 4.79 Å². The SMILES string of the molecule is CC[C@@H](C(=O)N[C@@H](Cc1c(C)cc(OCCCN=[N+]=[N-])cc1C)C(=O)OC)N(C)C(=O)OC(C)(C)C. The zero-order valence-electron chi connectivity index (χ0n) is 22.6. The highest BCUT2D eigenvalue weighted by molar-refractivity contribution is 5.89. The van der Waals surface area contributed by atoms with Crippen LogP contribution in [0, 0.1) is 13.8 Å². The molecule has 11 nitrogen and oxygen atoms in total. The van der Waals surface area contributed by atoms with E-state index in [9.17, 15) is 14.4 Å². The monoisotopic (exact) mass is 505 g/mol. The van der Waals surface area contributed by atoms with Crippen molar-refractivity contribution in [2.75, 3.05) is 27.3 Å². The van der Waals surface area contributed by atoms with Gasteiger partial charge in [0.1, 0.15) is 23.4 Å². The van der Waals surface area contributed by atoms with Crippen molar-refractivity contribution in [3.63, 3.8) is 0 Å². The minimum atomic E-state index is -0.948. The number of hydrogen-bond acceptors (Lipinski definition) is 7. The number of esters is 1. The molecule has 2 atom stereocenters. The van der Waals surface area contributed by atoms with Gasteiger partial charge in [-0.15, -0.1) is 0 Å². The van der Waals surface area contributed by atoms with Crippen molar-refractivity contribution in [2.45, 2.75) is 78.5 Å². The van der Waals surface area contributed by atoms with Gasteiger partial charge >= 0.3 is 12.1 Å². The summed E-state index contributed by atoms with van der Waals surface area (Å²) in [5.74, 6) is -0.398. The number of aryl methyl sites for hydroxylation is 2. The van der Waals surface area contributed by atoms with Crippen LogP contribution in [-0.2, 0) is 25.5 Å². The van der Waals surface area contributed by atoms with Gasteiger partial charge in [-0.25, -0.2) is 9.59 Å². The highest BCUT2D eigenvalue weighted by atomic mass is 16.6. The molecule has 0 aromatic heterocycles. The van der Waals surface area contributed by atoms with E-state index >= 15 is 0 Å². The largest absolute Gasteiger partial charge is 0.494 e. The minimum absolute atomic E-state index is 0.208. The topological polar surface area (TPSA) is 143 Å². The van der Waals surface area contributed by atoms with Gasteiger partial charge in [-0.1, -0.05) is 12.0 Å². The number of ether oxygens (including phenoxy) is 3. The Morgan fingerprint density at radius 3 is 2.31 bits per heavy atom. The first-order valence-corrected chi connectivity index (χ1v) is 11.9. The van der Waals surface area contributed by atoms with Gasteiger partial charge in [-0.3, -0.25) is 9.69 Å². The number of methoxy groups -OCH3 is 1. The van der Waals surface area contributed by atoms with Gasteiger partial charge in [0.25, 0.3) is 0 Å². The number of rotatable bonds is 12. The Kier molecular flexibility index (Phi) is 12.0. The minimum Gasteiger partial charge on any atom is -0.494 e. The van der Waals surface area contributed by atoms with Crippen LogP contribution in [0.5, 0.6) is 5.75 Å². The third-order valence-corrected chi connectivity index (χ3v) is 5.45. The van der Waals surface area contributed by atoms with Crippen molar-refractivity contribution < 1.29 is 28.6 Å². The number of azide groups is 1. The molecular formula is C25H39N5O6. The van der Waals surface area contributed by atoms with Crippen LogP contribution in [0.25, 0.3) is 10.4 Å². The summed E-state index contributed by atoms with van der Waals surface area (Å²) in [6, 6.07) is 1.95. The lowest BCUT2D eigenvalue weighted by Gasteiger charge is -2.30. The maximum atomic E-state index is 13.1. The van der Waals surface area contributed by atoms with E-state index in [1.54, 1.807) is 27.7 Å². The number of carbonyl (C=O) groups excluding carboxylic acids is 3. The molecule has 0 aliphatic rings. The van der Waals surface area contributed by atoms with Gasteiger partial charge < -0.3 is 19.5 Å². The normalized spacial score (nSPS) is 12.6. The average Bonchev–Trinajstić information content (AvgIpc) is 2.79. The Morgan fingerprint density at radius 1 is 1.19 bits per heavy atom. The van der Waals surface area contributed by atoms with E-state index in [-0.39, 0.29) is 6.42 Å². The summed E-state index contributed by atoms with van der Waals surface area (Å²) in [4.78, 5) is 42.1. The zero-order chi connectivity index (χ0) is 27.5. The van der Waals surface area contributed by atoms with E-state index < -0.39 is 35.7 Å². The molecule has 200 valence electrons. The maximum absolute atomic E-state index is 13.1. The van der Waals surface area contributed by atoms with Crippen LogP contribution in [-0.4, -0.2) is 67.9 Å². The average molecular weight is 506 g/mol. The van der Waals surface area contributed by atoms with Gasteiger partial charge in [0, 0.05) is 24.9 Å². The Balaban J connectivity index is 3.01. The molecule has 1 aromatic rings. The fourth-order valence-electron chi connectivity index (χ4n) is 3.63. The Hall–Kier alpha value is -3.46. The fourth-order valence-corrected chi connectivity index (χ4v) is 3.63. The summed E-state index contributed by atoms with van der Waals surface area (Å²) >= 11 is 0. The smallest absolute Gasteiger partial charge is 0.410 e. The standard InChI is InChI=1S/C25H39N5O6/c1-9-21(30(7)24(33)36-25(4,5)6)22(31)28-20(23(32)34-8)15-19-16(2)13-18(14-17(19)3)35-12-10-11-27-29-26/h13-14,20-21H,9-12,15H2,1-8H3,(H,28,31)/t20-,21-/m0/s1. The number of likely N-dealkylation sites (N-methyl/N-ethyl adjacent to an activating group) is 1. The van der Waals surface area contributed by atoms with E-state index in [0.717, 1.165) is 16.7 Å². The molecule has 1 rings (SSSR count). The van der Waals surface area contributed by atoms with Crippen LogP contribution >= 0.6 is 0 Å². The molecule has 1 aromatic carbocycles. The molecule has 0 aliphatic heterocycles. The molecule has 11 heteroatoms. The van der Waals surface area contributed by atoms with Gasteiger partial charge in [0.15, 0.2) is 0 Å². The third-order valence-electron chi connectivity index (χ3n) is 5.45. The van der Waals surface area contributed by atoms with E-state index in [1.807, 2.05) is 26.0 Å². The Labute approximate surface area is 213 Å². The van der Waals surface area contributed by atoms with Crippen molar-refractivity contribution in [2.24, 2.45) is 5.11 Å². The molecular weight excluding hydrogens is 466 g/mol. The molecule has 0 saturated heterocycles. The second-order valence-electron chi connectivity index (χ2n) is 9.50. The van der Waals surface area contributed by atoms with E-state index in [2.05, 4.69) is 15.3 Å². The first-order chi connectivity index (χ1) is 16.8. The molecule has 0 saturated carbocycles. The third kappa shape index (κ3) is 9.65. The van der Waals surface area contributed by atoms with Crippen LogP contribution in [0.3, 0.4) is 0 Å². The molecule has 0 aliphatic carbocycles. The predicted octanol–water partition coefficient (Wildman–Crippen LogP) is 4.23. The second kappa shape index (κ2) is 14.2. The van der Waals surface area contributed by atoms with Gasteiger partial charge in [0.05, 0.1) is 13.7 Å². The number of nitrogens with zero attached hydrogens (tertiary/aromatic N) is 4. The zero-order valence-corrected chi connectivity index (χ0v) is 22.6. The molecule has 0 spiro atoms. The summed E-state index contributed by atoms with van der Waals surface area (Å²) in [7, 11) is 2.76. The number of hydrogen-bond donors (Lipinski definition) is 1. The highest BCUT2D eigenvalue weighted by Gasteiger charge is 2.32. The number of nitrogens with one attached hydrogen (secondary N) is 1. The van der Waals surface area contributed by atoms with Crippen molar-refractivity contribution in [1.29, 1.82) is 0 Å². The summed E-state index contributed by atoms with van der Waals surface area (Å²) in [5, 5.41) is 6.24. The molecule has 0 heterocycles. The lowest BCUT2D eigenvalue weighted by atomic mass is 9.95. The Morgan fingerprint density at radius 2 is 1.81 bits per heavy atom. The first-order valence-electron chi connectivity index (χ1n) is 11.9. The first kappa shape index (κ1) is 30.6. The van der Waals surface area contributed by atoms with E-state index in [4.69, 9.17) is 19.7 Å². The molecule has 2 amide bonds. The van der Waals surface area contributed by atoms with Crippen molar-refractivity contribution in [3.8, 4) is 5.75 Å². The molecule has 0 bridgehead atoms. The molecule has 1 N–H and O–H groups in total. The van der Waals surface area contributed by atoms with Gasteiger partial charge in [-0.2, -0.15) is 0 Å². The number of carbonyl (C=O) groups is 3. The van der Waals surface area contributed by atoms with E-state index in [0.29, 0.717) is 31.7 Å². The summed E-state index contributed by atoms with van der Waals surface area (Å²) in [5.41, 5.74) is 10.3. The second-order valence-corrected chi connectivity index (χ2v) is 9.50. The lowest BCUT2D eigenvalue weighted by Crippen LogP contribution is -2.53. The van der Waals surface area contributed by atoms with Crippen molar-refractivity contribution >= 4 is 18.0 Å². The quantitative estimate of drug-likeness (QED) is 0.148. The number of benzene rings is 1. The lowest BCUT2D eigenvalue weighted by molar-refractivity contribution is -0.145. The molecule has 0 radical (unpaired) electrons. The maximum Gasteiger partial charge on any atom is 0.410 e. The van der Waals surface area contributed by atoms with Crippen LogP contribution in [0.1, 0.15) is 57.2 Å². The molecule has 36 heavy (non-hydrogen) atoms. The molecule has 0 unspecified atom stereocenters. The Bertz CT molecular complexity index is 945. The van der Waals surface area contributed by atoms with Gasteiger partial charge in [-0.05, 0) is 81.8 Å². The predicted molar refractivity (Wildman–Crippen MR) is 136 cm³/mol. The van der Waals surface area contributed by atoms with Crippen LogP contribution < -0.4 is 10.1 Å². The summed E-state index contributed by atoms with van der Waals surface area (Å²) in [6.07, 6.45) is 0.510. The van der Waals surface area contributed by atoms with Gasteiger partial charge in [0.2, 0.25) is 5.91 Å². The summed E-state index contributed by atoms with van der Waals surface area (Å²) < 4.78 is 16.1. The van der Waals surface area contributed by atoms with E-state index in [1.165, 1.54) is 19.1 Å². The molecule has 0 fully saturated rings. The number of amides is 2. The van der Waals surface area contributed by atoms with Crippen LogP contribution in [0.15, 0.2) is 17.2 Å². The fraction of sp³-hybridized carbons (Fsp3) is 0.640. The van der Waals surface area contributed by atoms with Crippen LogP contribution in [0.2, 0.25) is 0 Å². The highest BCUT2D eigenvalue weighted by Crippen LogP contribution is 2.24. The van der Waals surface area contributed by atoms with Crippen molar-refractivity contribution in [3.05, 3.63) is 39.3 Å².